The summed E-state index contributed by atoms with van der Waals surface area (Å²) in [6.45, 7) is 3.94. The van der Waals surface area contributed by atoms with Crippen LogP contribution in [0.2, 0.25) is 5.15 Å². The predicted octanol–water partition coefficient (Wildman–Crippen LogP) is 5.34. The lowest BCUT2D eigenvalue weighted by Gasteiger charge is -2.22. The Morgan fingerprint density at radius 1 is 1.24 bits per heavy atom. The minimum atomic E-state index is -0.121. The molecule has 0 bridgehead atoms. The van der Waals surface area contributed by atoms with Gasteiger partial charge >= 0.3 is 0 Å². The van der Waals surface area contributed by atoms with Crippen LogP contribution in [0.4, 0.5) is 5.13 Å². The molecule has 0 radical (unpaired) electrons. The Balaban J connectivity index is 1.41. The third kappa shape index (κ3) is 4.83. The maximum Gasteiger partial charge on any atom is 0.257 e. The molecule has 3 heterocycles. The predicted molar refractivity (Wildman–Crippen MR) is 118 cm³/mol. The second kappa shape index (κ2) is 9.03. The summed E-state index contributed by atoms with van der Waals surface area (Å²) in [7, 11) is 0. The van der Waals surface area contributed by atoms with E-state index in [2.05, 4.69) is 27.5 Å². The van der Waals surface area contributed by atoms with Gasteiger partial charge in [-0.25, -0.2) is 9.97 Å². The van der Waals surface area contributed by atoms with Crippen molar-refractivity contribution in [2.45, 2.75) is 38.8 Å². The Morgan fingerprint density at radius 3 is 2.76 bits per heavy atom. The highest BCUT2D eigenvalue weighted by Gasteiger charge is 2.28. The van der Waals surface area contributed by atoms with Gasteiger partial charge in [-0.05, 0) is 55.1 Å². The summed E-state index contributed by atoms with van der Waals surface area (Å²) in [4.78, 5) is 23.8. The second-order valence-corrected chi connectivity index (χ2v) is 8.45. The summed E-state index contributed by atoms with van der Waals surface area (Å²) < 4.78 is 0. The minimum Gasteiger partial charge on any atom is -0.298 e. The Hall–Kier alpha value is -2.28. The highest BCUT2D eigenvalue weighted by Crippen LogP contribution is 2.34. The van der Waals surface area contributed by atoms with E-state index in [9.17, 15) is 4.79 Å². The third-order valence-corrected chi connectivity index (χ3v) is 6.25. The second-order valence-electron chi connectivity index (χ2n) is 7.20. The lowest BCUT2D eigenvalue weighted by Crippen LogP contribution is -2.23. The van der Waals surface area contributed by atoms with Crippen molar-refractivity contribution in [1.29, 1.82) is 0 Å². The Morgan fingerprint density at radius 2 is 2.03 bits per heavy atom. The van der Waals surface area contributed by atoms with E-state index in [1.54, 1.807) is 0 Å². The molecule has 3 aromatic rings. The van der Waals surface area contributed by atoms with E-state index in [0.29, 0.717) is 15.8 Å². The Bertz CT molecular complexity index is 971. The lowest BCUT2D eigenvalue weighted by atomic mass is 10.1. The van der Waals surface area contributed by atoms with Gasteiger partial charge in [-0.2, -0.15) is 0 Å². The van der Waals surface area contributed by atoms with Crippen LogP contribution in [0, 0.1) is 0 Å². The number of hydrogen-bond acceptors (Lipinski definition) is 5. The number of thiazole rings is 1. The molecule has 1 aromatic carbocycles. The van der Waals surface area contributed by atoms with E-state index < -0.39 is 0 Å². The van der Waals surface area contributed by atoms with Gasteiger partial charge in [-0.1, -0.05) is 36.7 Å². The molecule has 1 saturated heterocycles. The van der Waals surface area contributed by atoms with Crippen molar-refractivity contribution >= 4 is 34.0 Å². The number of halogens is 1. The van der Waals surface area contributed by atoms with E-state index in [4.69, 9.17) is 16.6 Å². The van der Waals surface area contributed by atoms with Gasteiger partial charge in [-0.3, -0.25) is 15.0 Å². The van der Waals surface area contributed by atoms with Crippen LogP contribution in [-0.4, -0.2) is 27.3 Å². The molecule has 29 heavy (non-hydrogen) atoms. The molecule has 0 saturated carbocycles. The Labute approximate surface area is 179 Å². The monoisotopic (exact) mass is 426 g/mol. The molecule has 1 atom stereocenters. The number of amides is 1. The van der Waals surface area contributed by atoms with Crippen LogP contribution in [0.15, 0.2) is 48.0 Å². The van der Waals surface area contributed by atoms with Crippen molar-refractivity contribution < 1.29 is 4.79 Å². The number of hydrogen-bond donors (Lipinski definition) is 1. The topological polar surface area (TPSA) is 58.1 Å². The van der Waals surface area contributed by atoms with E-state index in [1.165, 1.54) is 16.9 Å². The first-order chi connectivity index (χ1) is 14.1. The molecule has 0 spiro atoms. The molecule has 7 heteroatoms. The van der Waals surface area contributed by atoms with Gasteiger partial charge in [0, 0.05) is 23.7 Å². The molecule has 1 fully saturated rings. The molecule has 0 aliphatic carbocycles. The average Bonchev–Trinajstić information content (AvgIpc) is 3.39. The van der Waals surface area contributed by atoms with Crippen LogP contribution < -0.4 is 5.32 Å². The van der Waals surface area contributed by atoms with Crippen LogP contribution in [0.1, 0.15) is 53.0 Å². The smallest absolute Gasteiger partial charge is 0.257 e. The number of nitrogens with zero attached hydrogens (tertiary/aromatic N) is 3. The molecule has 1 amide bonds. The molecule has 1 N–H and O–H groups in total. The molecule has 1 aliphatic heterocycles. The van der Waals surface area contributed by atoms with Crippen molar-refractivity contribution in [3.8, 4) is 0 Å². The van der Waals surface area contributed by atoms with Gasteiger partial charge < -0.3 is 0 Å². The fraction of sp³-hybridized carbons (Fsp3) is 0.318. The van der Waals surface area contributed by atoms with Crippen molar-refractivity contribution in [2.75, 3.05) is 11.9 Å². The highest BCUT2D eigenvalue weighted by molar-refractivity contribution is 7.14. The lowest BCUT2D eigenvalue weighted by molar-refractivity contribution is 0.102. The molecule has 150 valence electrons. The molecule has 5 nitrogen and oxygen atoms in total. The molecular formula is C22H23ClN4OS. The number of anilines is 1. The first-order valence-electron chi connectivity index (χ1n) is 9.82. The standard InChI is InChI=1S/C22H23ClN4OS/c1-2-15-5-8-17(9-6-15)21(28)26-22-25-18(14-29-22)19-4-3-11-27(19)13-16-7-10-20(23)24-12-16/h5-10,12,14,19H,2-4,11,13H2,1H3,(H,25,26,28). The largest absolute Gasteiger partial charge is 0.298 e. The zero-order valence-corrected chi connectivity index (χ0v) is 17.8. The number of likely N-dealkylation sites (tertiary alicyclic amines) is 1. The van der Waals surface area contributed by atoms with Crippen LogP contribution >= 0.6 is 22.9 Å². The summed E-state index contributed by atoms with van der Waals surface area (Å²) in [5, 5.41) is 6.14. The number of rotatable bonds is 6. The number of pyridine rings is 1. The first-order valence-corrected chi connectivity index (χ1v) is 11.1. The van der Waals surface area contributed by atoms with Crippen LogP contribution in [0.25, 0.3) is 0 Å². The van der Waals surface area contributed by atoms with Crippen molar-refractivity contribution in [1.82, 2.24) is 14.9 Å². The molecular weight excluding hydrogens is 404 g/mol. The number of carbonyl (C=O) groups excluding carboxylic acids is 1. The van der Waals surface area contributed by atoms with Gasteiger partial charge in [0.2, 0.25) is 0 Å². The zero-order chi connectivity index (χ0) is 20.2. The van der Waals surface area contributed by atoms with E-state index >= 15 is 0 Å². The van der Waals surface area contributed by atoms with Gasteiger partial charge in [0.25, 0.3) is 5.91 Å². The molecule has 2 aromatic heterocycles. The van der Waals surface area contributed by atoms with E-state index in [1.807, 2.05) is 42.6 Å². The maximum absolute atomic E-state index is 12.5. The van der Waals surface area contributed by atoms with E-state index in [0.717, 1.165) is 43.6 Å². The van der Waals surface area contributed by atoms with Crippen LogP contribution in [0.5, 0.6) is 0 Å². The Kier molecular flexibility index (Phi) is 6.23. The highest BCUT2D eigenvalue weighted by atomic mass is 35.5. The number of aryl methyl sites for hydroxylation is 1. The van der Waals surface area contributed by atoms with Crippen LogP contribution in [0.3, 0.4) is 0 Å². The van der Waals surface area contributed by atoms with Gasteiger partial charge in [0.05, 0.1) is 11.7 Å². The summed E-state index contributed by atoms with van der Waals surface area (Å²) in [5.41, 5.74) is 4.03. The molecule has 1 aliphatic rings. The third-order valence-electron chi connectivity index (χ3n) is 5.25. The fourth-order valence-electron chi connectivity index (χ4n) is 3.64. The van der Waals surface area contributed by atoms with Crippen LogP contribution in [-0.2, 0) is 13.0 Å². The number of aromatic nitrogens is 2. The number of benzene rings is 1. The quantitative estimate of drug-likeness (QED) is 0.540. The zero-order valence-electron chi connectivity index (χ0n) is 16.3. The van der Waals surface area contributed by atoms with Crippen molar-refractivity contribution in [3.05, 3.63) is 75.5 Å². The van der Waals surface area contributed by atoms with Gasteiger partial charge in [0.15, 0.2) is 5.13 Å². The normalized spacial score (nSPS) is 16.8. The molecule has 4 rings (SSSR count). The first kappa shape index (κ1) is 20.0. The number of nitrogens with one attached hydrogen (secondary N) is 1. The van der Waals surface area contributed by atoms with Crippen molar-refractivity contribution in [3.63, 3.8) is 0 Å². The van der Waals surface area contributed by atoms with Gasteiger partial charge in [0.1, 0.15) is 5.15 Å². The summed E-state index contributed by atoms with van der Waals surface area (Å²) in [5.74, 6) is -0.121. The van der Waals surface area contributed by atoms with Gasteiger partial charge in [-0.15, -0.1) is 11.3 Å². The van der Waals surface area contributed by atoms with Crippen molar-refractivity contribution in [2.24, 2.45) is 0 Å². The van der Waals surface area contributed by atoms with E-state index in [-0.39, 0.29) is 11.9 Å². The average molecular weight is 427 g/mol. The summed E-state index contributed by atoms with van der Waals surface area (Å²) >= 11 is 7.37. The maximum atomic E-state index is 12.5. The summed E-state index contributed by atoms with van der Waals surface area (Å²) in [6, 6.07) is 11.8. The fourth-order valence-corrected chi connectivity index (χ4v) is 4.51. The molecule has 1 unspecified atom stereocenters. The summed E-state index contributed by atoms with van der Waals surface area (Å²) in [6.07, 6.45) is 4.99. The minimum absolute atomic E-state index is 0.121. The number of carbonyl (C=O) groups is 1. The SMILES string of the molecule is CCc1ccc(C(=O)Nc2nc(C3CCCN3Cc3ccc(Cl)nc3)cs2)cc1.